The number of thiophene rings is 1. The molecule has 0 radical (unpaired) electrons. The predicted molar refractivity (Wildman–Crippen MR) is 93.9 cm³/mol. The van der Waals surface area contributed by atoms with E-state index < -0.39 is 0 Å². The van der Waals surface area contributed by atoms with Crippen LogP contribution in [0.5, 0.6) is 0 Å². The molecule has 1 amide bonds. The van der Waals surface area contributed by atoms with Crippen molar-refractivity contribution in [1.82, 2.24) is 14.8 Å². The summed E-state index contributed by atoms with van der Waals surface area (Å²) in [6.07, 6.45) is 6.64. The molecule has 0 spiro atoms. The molecule has 2 fully saturated rings. The molecule has 2 aliphatic rings. The van der Waals surface area contributed by atoms with Gasteiger partial charge in [0.1, 0.15) is 6.26 Å². The fraction of sp³-hybridized carbons (Fsp3) is 0.556. The minimum Gasteiger partial charge on any atom is -0.444 e. The zero-order valence-electron chi connectivity index (χ0n) is 14.0. The Morgan fingerprint density at radius 1 is 1.33 bits per heavy atom. The van der Waals surface area contributed by atoms with Crippen LogP contribution in [0.1, 0.15) is 31.4 Å². The minimum atomic E-state index is 0.184. The number of hydrogen-bond donors (Lipinski definition) is 0. The first-order valence-electron chi connectivity index (χ1n) is 8.70. The number of rotatable bonds is 4. The molecule has 0 unspecified atom stereocenters. The number of likely N-dealkylation sites (tertiary alicyclic amines) is 2. The third kappa shape index (κ3) is 3.00. The van der Waals surface area contributed by atoms with E-state index in [1.165, 1.54) is 12.8 Å². The van der Waals surface area contributed by atoms with Crippen LogP contribution in [0, 0.1) is 0 Å². The number of amides is 1. The second-order valence-electron chi connectivity index (χ2n) is 6.78. The summed E-state index contributed by atoms with van der Waals surface area (Å²) < 4.78 is 5.54. The van der Waals surface area contributed by atoms with E-state index in [2.05, 4.69) is 21.8 Å². The third-order valence-electron chi connectivity index (χ3n) is 5.26. The summed E-state index contributed by atoms with van der Waals surface area (Å²) in [5.41, 5.74) is 0.730. The van der Waals surface area contributed by atoms with Gasteiger partial charge in [-0.25, -0.2) is 4.98 Å². The molecular formula is C18H23N3O2S. The average Bonchev–Trinajstić information content (AvgIpc) is 3.34. The maximum absolute atomic E-state index is 12.8. The van der Waals surface area contributed by atoms with E-state index in [4.69, 9.17) is 4.42 Å². The van der Waals surface area contributed by atoms with Gasteiger partial charge in [0.15, 0.2) is 0 Å². The number of hydrogen-bond acceptors (Lipinski definition) is 5. The largest absolute Gasteiger partial charge is 0.444 e. The number of carbonyl (C=O) groups is 1. The van der Waals surface area contributed by atoms with E-state index in [0.717, 1.165) is 36.5 Å². The molecule has 2 aliphatic heterocycles. The van der Waals surface area contributed by atoms with E-state index in [1.807, 2.05) is 17.5 Å². The van der Waals surface area contributed by atoms with Crippen LogP contribution in [0.15, 0.2) is 28.2 Å². The monoisotopic (exact) mass is 345 g/mol. The zero-order valence-corrected chi connectivity index (χ0v) is 14.8. The average molecular weight is 345 g/mol. The van der Waals surface area contributed by atoms with Gasteiger partial charge in [-0.2, -0.15) is 0 Å². The number of carbonyl (C=O) groups excluding carboxylic acids is 1. The molecule has 2 aromatic heterocycles. The van der Waals surface area contributed by atoms with E-state index in [1.54, 1.807) is 17.6 Å². The Morgan fingerprint density at radius 2 is 2.17 bits per heavy atom. The second kappa shape index (κ2) is 6.69. The van der Waals surface area contributed by atoms with Gasteiger partial charge < -0.3 is 14.2 Å². The number of aromatic nitrogens is 1. The summed E-state index contributed by atoms with van der Waals surface area (Å²) in [6, 6.07) is 4.85. The van der Waals surface area contributed by atoms with Crippen molar-refractivity contribution in [2.24, 2.45) is 0 Å². The molecule has 0 aromatic carbocycles. The Balaban J connectivity index is 1.44. The molecule has 24 heavy (non-hydrogen) atoms. The van der Waals surface area contributed by atoms with Gasteiger partial charge in [0.05, 0.1) is 17.0 Å². The molecule has 128 valence electrons. The van der Waals surface area contributed by atoms with Crippen molar-refractivity contribution in [1.29, 1.82) is 0 Å². The van der Waals surface area contributed by atoms with Crippen LogP contribution >= 0.6 is 11.3 Å². The second-order valence-corrected chi connectivity index (χ2v) is 7.73. The molecule has 2 atom stereocenters. The Bertz CT molecular complexity index is 697. The summed E-state index contributed by atoms with van der Waals surface area (Å²) in [7, 11) is 2.18. The van der Waals surface area contributed by atoms with Crippen LogP contribution in [0.25, 0.3) is 10.8 Å². The fourth-order valence-electron chi connectivity index (χ4n) is 4.08. The summed E-state index contributed by atoms with van der Waals surface area (Å²) >= 11 is 1.59. The van der Waals surface area contributed by atoms with E-state index in [-0.39, 0.29) is 5.91 Å². The van der Waals surface area contributed by atoms with Crippen LogP contribution < -0.4 is 0 Å². The lowest BCUT2D eigenvalue weighted by molar-refractivity contribution is -0.132. The summed E-state index contributed by atoms with van der Waals surface area (Å²) in [6.45, 7) is 2.03. The predicted octanol–water partition coefficient (Wildman–Crippen LogP) is 3.03. The SMILES string of the molecule is CN1CCC[C@@H]1[C@@H]1CCCN1C(=O)Cc1coc(-c2cccs2)n1. The maximum atomic E-state index is 12.8. The van der Waals surface area contributed by atoms with Crippen LogP contribution in [0.3, 0.4) is 0 Å². The van der Waals surface area contributed by atoms with Crippen molar-refractivity contribution in [3.05, 3.63) is 29.5 Å². The van der Waals surface area contributed by atoms with Crippen molar-refractivity contribution in [3.63, 3.8) is 0 Å². The molecule has 2 aromatic rings. The first-order chi connectivity index (χ1) is 11.7. The van der Waals surface area contributed by atoms with E-state index in [9.17, 15) is 4.79 Å². The fourth-order valence-corrected chi connectivity index (χ4v) is 4.74. The van der Waals surface area contributed by atoms with E-state index in [0.29, 0.717) is 24.4 Å². The Morgan fingerprint density at radius 3 is 2.92 bits per heavy atom. The summed E-state index contributed by atoms with van der Waals surface area (Å²) in [5, 5.41) is 2.00. The van der Waals surface area contributed by atoms with Gasteiger partial charge in [-0.1, -0.05) is 6.07 Å². The molecule has 0 bridgehead atoms. The maximum Gasteiger partial charge on any atom is 0.236 e. The molecule has 2 saturated heterocycles. The lowest BCUT2D eigenvalue weighted by atomic mass is 10.0. The van der Waals surface area contributed by atoms with Gasteiger partial charge in [0, 0.05) is 18.6 Å². The van der Waals surface area contributed by atoms with Crippen LogP contribution in [0.2, 0.25) is 0 Å². The minimum absolute atomic E-state index is 0.184. The number of nitrogens with zero attached hydrogens (tertiary/aromatic N) is 3. The molecule has 5 nitrogen and oxygen atoms in total. The molecular weight excluding hydrogens is 322 g/mol. The Hall–Kier alpha value is -1.66. The topological polar surface area (TPSA) is 49.6 Å². The zero-order chi connectivity index (χ0) is 16.5. The van der Waals surface area contributed by atoms with Gasteiger partial charge >= 0.3 is 0 Å². The van der Waals surface area contributed by atoms with Gasteiger partial charge in [0.2, 0.25) is 11.8 Å². The molecule has 4 rings (SSSR count). The third-order valence-corrected chi connectivity index (χ3v) is 6.11. The normalized spacial score (nSPS) is 24.8. The molecule has 6 heteroatoms. The lowest BCUT2D eigenvalue weighted by Crippen LogP contribution is -2.47. The van der Waals surface area contributed by atoms with Crippen LogP contribution in [-0.2, 0) is 11.2 Å². The quantitative estimate of drug-likeness (QED) is 0.855. The van der Waals surface area contributed by atoms with Crippen molar-refractivity contribution in [3.8, 4) is 10.8 Å². The van der Waals surface area contributed by atoms with Crippen LogP contribution in [-0.4, -0.2) is 52.9 Å². The smallest absolute Gasteiger partial charge is 0.236 e. The van der Waals surface area contributed by atoms with Gasteiger partial charge in [-0.3, -0.25) is 4.79 Å². The van der Waals surface area contributed by atoms with Gasteiger partial charge in [0.25, 0.3) is 0 Å². The van der Waals surface area contributed by atoms with Crippen molar-refractivity contribution >= 4 is 17.2 Å². The number of likely N-dealkylation sites (N-methyl/N-ethyl adjacent to an activating group) is 1. The summed E-state index contributed by atoms with van der Waals surface area (Å²) in [4.78, 5) is 22.8. The highest BCUT2D eigenvalue weighted by molar-refractivity contribution is 7.13. The Kier molecular flexibility index (Phi) is 4.41. The highest BCUT2D eigenvalue weighted by atomic mass is 32.1. The van der Waals surface area contributed by atoms with Crippen molar-refractivity contribution < 1.29 is 9.21 Å². The first-order valence-corrected chi connectivity index (χ1v) is 9.58. The molecule has 0 saturated carbocycles. The highest BCUT2D eigenvalue weighted by Crippen LogP contribution is 2.30. The van der Waals surface area contributed by atoms with Crippen molar-refractivity contribution in [2.45, 2.75) is 44.2 Å². The summed E-state index contributed by atoms with van der Waals surface area (Å²) in [5.74, 6) is 0.796. The van der Waals surface area contributed by atoms with E-state index >= 15 is 0 Å². The number of oxazole rings is 1. The van der Waals surface area contributed by atoms with Crippen molar-refractivity contribution in [2.75, 3.05) is 20.1 Å². The first kappa shape index (κ1) is 15.8. The van der Waals surface area contributed by atoms with Gasteiger partial charge in [-0.15, -0.1) is 11.3 Å². The Labute approximate surface area is 146 Å². The molecule has 4 heterocycles. The van der Waals surface area contributed by atoms with Crippen LogP contribution in [0.4, 0.5) is 0 Å². The standard InChI is InChI=1S/C18H23N3O2S/c1-20-8-2-5-14(20)15-6-3-9-21(15)17(22)11-13-12-23-18(19-13)16-7-4-10-24-16/h4,7,10,12,14-15H,2-3,5-6,8-9,11H2,1H3/t14-,15+/m1/s1. The van der Waals surface area contributed by atoms with Gasteiger partial charge in [-0.05, 0) is 50.7 Å². The molecule has 0 aliphatic carbocycles. The highest BCUT2D eigenvalue weighted by Gasteiger charge is 2.38. The lowest BCUT2D eigenvalue weighted by Gasteiger charge is -2.33. The molecule has 0 N–H and O–H groups in total.